The average molecular weight is 291 g/mol. The molecule has 1 aliphatic rings. The van der Waals surface area contributed by atoms with Crippen molar-refractivity contribution in [3.8, 4) is 0 Å². The highest BCUT2D eigenvalue weighted by atomic mass is 15.4. The van der Waals surface area contributed by atoms with Crippen LogP contribution in [0.5, 0.6) is 0 Å². The van der Waals surface area contributed by atoms with Gasteiger partial charge in [-0.25, -0.2) is 9.98 Å². The van der Waals surface area contributed by atoms with Crippen LogP contribution in [0.1, 0.15) is 24.2 Å². The van der Waals surface area contributed by atoms with Crippen molar-refractivity contribution < 1.29 is 0 Å². The highest BCUT2D eigenvalue weighted by Gasteiger charge is 2.24. The zero-order valence-electron chi connectivity index (χ0n) is 12.3. The van der Waals surface area contributed by atoms with E-state index in [2.05, 4.69) is 57.1 Å². The van der Waals surface area contributed by atoms with E-state index >= 15 is 0 Å². The smallest absolute Gasteiger partial charge is 0.212 e. The minimum atomic E-state index is -0.186. The van der Waals surface area contributed by atoms with Gasteiger partial charge in [-0.3, -0.25) is 9.88 Å². The molecule has 110 valence electrons. The number of guanidine groups is 1. The van der Waals surface area contributed by atoms with Gasteiger partial charge in [-0.2, -0.15) is 0 Å². The molecule has 22 heavy (non-hydrogen) atoms. The molecule has 2 heterocycles. The Hall–Kier alpha value is -2.82. The molecule has 3 aromatic rings. The Morgan fingerprint density at radius 3 is 2.68 bits per heavy atom. The van der Waals surface area contributed by atoms with Gasteiger partial charge in [0.05, 0.1) is 11.0 Å². The molecule has 1 aromatic heterocycles. The van der Waals surface area contributed by atoms with Gasteiger partial charge in [0, 0.05) is 0 Å². The fourth-order valence-electron chi connectivity index (χ4n) is 2.87. The molecule has 0 spiro atoms. The third kappa shape index (κ3) is 1.94. The molecule has 0 amide bonds. The minimum Gasteiger partial charge on any atom is -0.370 e. The van der Waals surface area contributed by atoms with Crippen molar-refractivity contribution in [1.29, 1.82) is 0 Å². The van der Waals surface area contributed by atoms with Crippen LogP contribution in [0, 0.1) is 0 Å². The number of anilines is 1. The number of para-hydroxylation sites is 2. The molecule has 0 saturated carbocycles. The number of fused-ring (bicyclic) bond motifs is 3. The number of aryl methyl sites for hydroxylation is 1. The normalized spacial score (nSPS) is 17.0. The van der Waals surface area contributed by atoms with Crippen LogP contribution in [0.25, 0.3) is 11.0 Å². The SMILES string of the molecule is CCc1ccc(C2N=C(N)Nc3nc4ccccc4n32)cc1. The summed E-state index contributed by atoms with van der Waals surface area (Å²) in [4.78, 5) is 9.18. The fourth-order valence-corrected chi connectivity index (χ4v) is 2.87. The van der Waals surface area contributed by atoms with Crippen LogP contribution in [0.4, 0.5) is 5.95 Å². The summed E-state index contributed by atoms with van der Waals surface area (Å²) < 4.78 is 2.09. The summed E-state index contributed by atoms with van der Waals surface area (Å²) >= 11 is 0. The van der Waals surface area contributed by atoms with E-state index in [9.17, 15) is 0 Å². The summed E-state index contributed by atoms with van der Waals surface area (Å²) in [6.45, 7) is 2.15. The van der Waals surface area contributed by atoms with Gasteiger partial charge >= 0.3 is 0 Å². The van der Waals surface area contributed by atoms with Crippen molar-refractivity contribution in [3.63, 3.8) is 0 Å². The number of aromatic nitrogens is 2. The first-order valence-corrected chi connectivity index (χ1v) is 7.42. The average Bonchev–Trinajstić information content (AvgIpc) is 2.92. The van der Waals surface area contributed by atoms with Gasteiger partial charge in [0.2, 0.25) is 5.95 Å². The van der Waals surface area contributed by atoms with Crippen LogP contribution in [0.2, 0.25) is 0 Å². The second-order valence-corrected chi connectivity index (χ2v) is 5.40. The van der Waals surface area contributed by atoms with E-state index in [0.29, 0.717) is 5.96 Å². The van der Waals surface area contributed by atoms with Crippen LogP contribution in [0.3, 0.4) is 0 Å². The first-order valence-electron chi connectivity index (χ1n) is 7.42. The monoisotopic (exact) mass is 291 g/mol. The lowest BCUT2D eigenvalue weighted by atomic mass is 10.1. The van der Waals surface area contributed by atoms with Gasteiger partial charge in [-0.15, -0.1) is 0 Å². The molecule has 1 aliphatic heterocycles. The topological polar surface area (TPSA) is 68.2 Å². The third-order valence-electron chi connectivity index (χ3n) is 4.03. The number of aliphatic imine (C=N–C) groups is 1. The summed E-state index contributed by atoms with van der Waals surface area (Å²) in [5.74, 6) is 1.13. The van der Waals surface area contributed by atoms with Crippen molar-refractivity contribution in [2.24, 2.45) is 10.7 Å². The Morgan fingerprint density at radius 2 is 1.91 bits per heavy atom. The summed E-state index contributed by atoms with van der Waals surface area (Å²) in [5.41, 5.74) is 10.3. The van der Waals surface area contributed by atoms with Crippen molar-refractivity contribution in [2.45, 2.75) is 19.5 Å². The van der Waals surface area contributed by atoms with Gasteiger partial charge in [-0.1, -0.05) is 43.3 Å². The van der Waals surface area contributed by atoms with Crippen LogP contribution in [-0.2, 0) is 6.42 Å². The molecular weight excluding hydrogens is 274 g/mol. The number of nitrogens with zero attached hydrogens (tertiary/aromatic N) is 3. The summed E-state index contributed by atoms with van der Waals surface area (Å²) in [6, 6.07) is 16.6. The van der Waals surface area contributed by atoms with E-state index in [1.54, 1.807) is 0 Å². The fraction of sp³-hybridized carbons (Fsp3) is 0.176. The van der Waals surface area contributed by atoms with Crippen LogP contribution in [0.15, 0.2) is 53.5 Å². The molecule has 1 unspecified atom stereocenters. The first kappa shape index (κ1) is 12.9. The lowest BCUT2D eigenvalue weighted by Gasteiger charge is -2.24. The number of nitrogens with two attached hydrogens (primary N) is 1. The Bertz CT molecular complexity index is 860. The van der Waals surface area contributed by atoms with Crippen molar-refractivity contribution in [3.05, 3.63) is 59.7 Å². The highest BCUT2D eigenvalue weighted by molar-refractivity contribution is 5.94. The van der Waals surface area contributed by atoms with E-state index in [1.165, 1.54) is 5.56 Å². The van der Waals surface area contributed by atoms with Crippen LogP contribution in [-0.4, -0.2) is 15.5 Å². The predicted molar refractivity (Wildman–Crippen MR) is 88.9 cm³/mol. The maximum atomic E-state index is 5.94. The molecular formula is C17H17N5. The molecule has 0 aliphatic carbocycles. The molecule has 0 saturated heterocycles. The number of nitrogens with one attached hydrogen (secondary N) is 1. The number of imidazole rings is 1. The quantitative estimate of drug-likeness (QED) is 0.763. The Labute approximate surface area is 128 Å². The molecule has 0 fully saturated rings. The third-order valence-corrected chi connectivity index (χ3v) is 4.03. The molecule has 4 rings (SSSR count). The maximum absolute atomic E-state index is 5.94. The van der Waals surface area contributed by atoms with Gasteiger partial charge < -0.3 is 5.73 Å². The Morgan fingerprint density at radius 1 is 1.14 bits per heavy atom. The van der Waals surface area contributed by atoms with E-state index in [4.69, 9.17) is 5.73 Å². The predicted octanol–water partition coefficient (Wildman–Crippen LogP) is 2.89. The molecule has 1 atom stereocenters. The lowest BCUT2D eigenvalue weighted by molar-refractivity contribution is 0.626. The van der Waals surface area contributed by atoms with E-state index < -0.39 is 0 Å². The Balaban J connectivity index is 1.89. The maximum Gasteiger partial charge on any atom is 0.212 e. The van der Waals surface area contributed by atoms with Gasteiger partial charge in [0.25, 0.3) is 0 Å². The molecule has 0 bridgehead atoms. The lowest BCUT2D eigenvalue weighted by Crippen LogP contribution is -2.31. The Kier molecular flexibility index (Phi) is 2.85. The van der Waals surface area contributed by atoms with Gasteiger partial charge in [0.15, 0.2) is 12.1 Å². The summed E-state index contributed by atoms with van der Waals surface area (Å²) in [6.07, 6.45) is 0.839. The zero-order chi connectivity index (χ0) is 15.1. The van der Waals surface area contributed by atoms with Crippen molar-refractivity contribution >= 4 is 22.9 Å². The highest BCUT2D eigenvalue weighted by Crippen LogP contribution is 2.32. The first-order chi connectivity index (χ1) is 10.8. The number of rotatable bonds is 2. The minimum absolute atomic E-state index is 0.186. The molecule has 5 nitrogen and oxygen atoms in total. The zero-order valence-corrected chi connectivity index (χ0v) is 12.3. The number of hydrogen-bond donors (Lipinski definition) is 2. The van der Waals surface area contributed by atoms with Crippen LogP contribution >= 0.6 is 0 Å². The number of benzene rings is 2. The van der Waals surface area contributed by atoms with E-state index in [0.717, 1.165) is 29.0 Å². The molecule has 0 radical (unpaired) electrons. The standard InChI is InChI=1S/C17H17N5/c1-2-11-7-9-12(10-8-11)15-20-16(18)21-17-19-13-5-3-4-6-14(13)22(15)17/h3-10,15H,2H2,1H3,(H3,18,19,20,21). The summed E-state index contributed by atoms with van der Waals surface area (Å²) in [5, 5.41) is 3.05. The second kappa shape index (κ2) is 4.87. The van der Waals surface area contributed by atoms with Gasteiger partial charge in [-0.05, 0) is 29.7 Å². The largest absolute Gasteiger partial charge is 0.370 e. The summed E-state index contributed by atoms with van der Waals surface area (Å²) in [7, 11) is 0. The molecule has 5 heteroatoms. The second-order valence-electron chi connectivity index (χ2n) is 5.40. The van der Waals surface area contributed by atoms with Crippen LogP contribution < -0.4 is 11.1 Å². The molecule has 3 N–H and O–H groups in total. The van der Waals surface area contributed by atoms with E-state index in [1.807, 2.05) is 18.2 Å². The van der Waals surface area contributed by atoms with Crippen molar-refractivity contribution in [1.82, 2.24) is 9.55 Å². The molecule has 2 aromatic carbocycles. The van der Waals surface area contributed by atoms with E-state index in [-0.39, 0.29) is 6.17 Å². The van der Waals surface area contributed by atoms with Crippen molar-refractivity contribution in [2.75, 3.05) is 5.32 Å². The number of hydrogen-bond acceptors (Lipinski definition) is 4. The van der Waals surface area contributed by atoms with Gasteiger partial charge in [0.1, 0.15) is 0 Å².